The maximum atomic E-state index is 4.47. The topological polar surface area (TPSA) is 41.6 Å². The smallest absolute Gasteiger partial charge is 0.0921 e. The summed E-state index contributed by atoms with van der Waals surface area (Å²) in [5.74, 6) is 0.711. The van der Waals surface area contributed by atoms with E-state index in [1.54, 1.807) is 6.33 Å². The van der Waals surface area contributed by atoms with Gasteiger partial charge in [-0.15, -0.1) is 0 Å². The van der Waals surface area contributed by atoms with Crippen LogP contribution in [0, 0.1) is 5.92 Å². The Balaban J connectivity index is 0.00000108. The molecule has 0 amide bonds. The number of aromatic amines is 1. The summed E-state index contributed by atoms with van der Waals surface area (Å²) in [6.45, 7) is 0. The molecule has 0 aromatic carbocycles. The fourth-order valence-corrected chi connectivity index (χ4v) is 2.50. The normalized spacial score (nSPS) is 18.2. The zero-order valence-electron chi connectivity index (χ0n) is 9.19. The Kier molecular flexibility index (Phi) is 3.57. The molecular formula is C14H19N3. The summed E-state index contributed by atoms with van der Waals surface area (Å²) in [5.41, 5.74) is 3.96. The van der Waals surface area contributed by atoms with Gasteiger partial charge in [0, 0.05) is 23.8 Å². The number of rotatable bonds is 2. The fraction of sp³-hybridized carbons (Fsp3) is 0.429. The zero-order chi connectivity index (χ0) is 10.8. The third kappa shape index (κ3) is 2.54. The monoisotopic (exact) mass is 229 g/mol. The lowest BCUT2D eigenvalue weighted by Crippen LogP contribution is -2.17. The quantitative estimate of drug-likeness (QED) is 0.860. The highest BCUT2D eigenvalue weighted by Gasteiger charge is 2.19. The van der Waals surface area contributed by atoms with Crippen molar-refractivity contribution in [2.45, 2.75) is 33.1 Å². The largest absolute Gasteiger partial charge is 0.348 e. The van der Waals surface area contributed by atoms with Crippen molar-refractivity contribution in [3.05, 3.63) is 47.8 Å². The Morgan fingerprint density at radius 1 is 1.41 bits per heavy atom. The van der Waals surface area contributed by atoms with Crippen LogP contribution in [0.5, 0.6) is 0 Å². The minimum atomic E-state index is 0. The number of H-pyrrole nitrogens is 1. The molecule has 1 N–H and O–H groups in total. The molecule has 1 aliphatic rings. The van der Waals surface area contributed by atoms with Crippen LogP contribution in [-0.4, -0.2) is 15.0 Å². The third-order valence-corrected chi connectivity index (χ3v) is 3.35. The molecule has 1 unspecified atom stereocenters. The molecule has 0 aliphatic heterocycles. The first-order valence-corrected chi connectivity index (χ1v) is 5.82. The number of nitrogens with one attached hydrogen (secondary N) is 1. The first kappa shape index (κ1) is 11.8. The number of imidazole rings is 1. The van der Waals surface area contributed by atoms with Crippen molar-refractivity contribution < 1.29 is 0 Å². The highest BCUT2D eigenvalue weighted by molar-refractivity contribution is 5.23. The molecule has 2 aromatic heterocycles. The van der Waals surface area contributed by atoms with Crippen molar-refractivity contribution in [3.8, 4) is 0 Å². The standard InChI is InChI=1S/C13H15N3.CH4/c1-2-11-4-3-10(7-13(11)15-5-1)6-12-8-14-9-16-12;/h1-2,5,8-10H,3-4,6-7H2,(H,14,16);1H4. The van der Waals surface area contributed by atoms with Crippen LogP contribution >= 0.6 is 0 Å². The van der Waals surface area contributed by atoms with Gasteiger partial charge in [0.2, 0.25) is 0 Å². The molecule has 3 nitrogen and oxygen atoms in total. The average Bonchev–Trinajstić information content (AvgIpc) is 2.82. The molecule has 1 atom stereocenters. The lowest BCUT2D eigenvalue weighted by molar-refractivity contribution is 0.445. The van der Waals surface area contributed by atoms with Crippen LogP contribution < -0.4 is 0 Å². The number of nitrogens with zero attached hydrogens (tertiary/aromatic N) is 2. The summed E-state index contributed by atoms with van der Waals surface area (Å²) in [6, 6.07) is 4.24. The van der Waals surface area contributed by atoms with Gasteiger partial charge in [-0.25, -0.2) is 4.98 Å². The minimum Gasteiger partial charge on any atom is -0.348 e. The molecule has 1 aliphatic carbocycles. The van der Waals surface area contributed by atoms with E-state index in [-0.39, 0.29) is 7.43 Å². The van der Waals surface area contributed by atoms with Crippen molar-refractivity contribution in [1.29, 1.82) is 0 Å². The van der Waals surface area contributed by atoms with Crippen LogP contribution in [0.1, 0.15) is 30.8 Å². The van der Waals surface area contributed by atoms with Gasteiger partial charge < -0.3 is 4.98 Å². The summed E-state index contributed by atoms with van der Waals surface area (Å²) in [5, 5.41) is 0. The van der Waals surface area contributed by atoms with Gasteiger partial charge in [0.15, 0.2) is 0 Å². The van der Waals surface area contributed by atoms with Gasteiger partial charge in [-0.1, -0.05) is 13.5 Å². The average molecular weight is 229 g/mol. The molecule has 2 heterocycles. The second kappa shape index (κ2) is 5.13. The van der Waals surface area contributed by atoms with Gasteiger partial charge in [-0.05, 0) is 43.2 Å². The summed E-state index contributed by atoms with van der Waals surface area (Å²) in [4.78, 5) is 11.7. The molecule has 17 heavy (non-hydrogen) atoms. The number of aryl methyl sites for hydroxylation is 1. The van der Waals surface area contributed by atoms with E-state index in [1.807, 2.05) is 18.5 Å². The number of hydrogen-bond donors (Lipinski definition) is 1. The van der Waals surface area contributed by atoms with Crippen molar-refractivity contribution in [2.75, 3.05) is 0 Å². The Hall–Kier alpha value is -1.64. The molecule has 0 radical (unpaired) electrons. The predicted octanol–water partition coefficient (Wildman–Crippen LogP) is 2.79. The zero-order valence-corrected chi connectivity index (χ0v) is 9.19. The maximum absolute atomic E-state index is 4.47. The van der Waals surface area contributed by atoms with Gasteiger partial charge in [0.05, 0.1) is 6.33 Å². The highest BCUT2D eigenvalue weighted by Crippen LogP contribution is 2.25. The van der Waals surface area contributed by atoms with Crippen molar-refractivity contribution in [3.63, 3.8) is 0 Å². The molecule has 0 bridgehead atoms. The molecule has 3 heteroatoms. The molecule has 3 rings (SSSR count). The Morgan fingerprint density at radius 3 is 3.18 bits per heavy atom. The molecule has 0 fully saturated rings. The summed E-state index contributed by atoms with van der Waals surface area (Å²) in [7, 11) is 0. The third-order valence-electron chi connectivity index (χ3n) is 3.35. The van der Waals surface area contributed by atoms with E-state index in [1.165, 1.54) is 29.8 Å². The summed E-state index contributed by atoms with van der Waals surface area (Å²) >= 11 is 0. The van der Waals surface area contributed by atoms with E-state index in [0.717, 1.165) is 12.8 Å². The highest BCUT2D eigenvalue weighted by atomic mass is 14.9. The van der Waals surface area contributed by atoms with Crippen LogP contribution in [0.3, 0.4) is 0 Å². The van der Waals surface area contributed by atoms with E-state index in [2.05, 4.69) is 21.0 Å². The van der Waals surface area contributed by atoms with E-state index in [9.17, 15) is 0 Å². The molecule has 0 spiro atoms. The molecule has 2 aromatic rings. The van der Waals surface area contributed by atoms with E-state index < -0.39 is 0 Å². The minimum absolute atomic E-state index is 0. The lowest BCUT2D eigenvalue weighted by atomic mass is 9.84. The van der Waals surface area contributed by atoms with E-state index in [4.69, 9.17) is 0 Å². The molecule has 0 saturated heterocycles. The Morgan fingerprint density at radius 2 is 2.35 bits per heavy atom. The lowest BCUT2D eigenvalue weighted by Gasteiger charge is -2.22. The van der Waals surface area contributed by atoms with Gasteiger partial charge >= 0.3 is 0 Å². The first-order chi connectivity index (χ1) is 7.92. The van der Waals surface area contributed by atoms with Gasteiger partial charge in [0.1, 0.15) is 0 Å². The molecule has 0 saturated carbocycles. The Bertz CT molecular complexity index is 462. The maximum Gasteiger partial charge on any atom is 0.0921 e. The van der Waals surface area contributed by atoms with Gasteiger partial charge in [-0.3, -0.25) is 4.98 Å². The SMILES string of the molecule is C.c1cnc2c(c1)CCC(Cc1cnc[nH]1)C2. The summed E-state index contributed by atoms with van der Waals surface area (Å²) in [6.07, 6.45) is 10.2. The summed E-state index contributed by atoms with van der Waals surface area (Å²) < 4.78 is 0. The van der Waals surface area contributed by atoms with Crippen molar-refractivity contribution in [2.24, 2.45) is 5.92 Å². The number of pyridine rings is 1. The van der Waals surface area contributed by atoms with Crippen LogP contribution in [-0.2, 0) is 19.3 Å². The van der Waals surface area contributed by atoms with Gasteiger partial charge in [-0.2, -0.15) is 0 Å². The number of fused-ring (bicyclic) bond motifs is 1. The van der Waals surface area contributed by atoms with Crippen LogP contribution in [0.4, 0.5) is 0 Å². The van der Waals surface area contributed by atoms with Crippen LogP contribution in [0.15, 0.2) is 30.9 Å². The molecule has 90 valence electrons. The number of hydrogen-bond acceptors (Lipinski definition) is 2. The van der Waals surface area contributed by atoms with Crippen molar-refractivity contribution in [1.82, 2.24) is 15.0 Å². The van der Waals surface area contributed by atoms with E-state index >= 15 is 0 Å². The second-order valence-electron chi connectivity index (χ2n) is 4.50. The van der Waals surface area contributed by atoms with Crippen LogP contribution in [0.25, 0.3) is 0 Å². The Labute approximate surface area is 102 Å². The molecular weight excluding hydrogens is 210 g/mol. The van der Waals surface area contributed by atoms with E-state index in [0.29, 0.717) is 5.92 Å². The van der Waals surface area contributed by atoms with Crippen molar-refractivity contribution >= 4 is 0 Å². The van der Waals surface area contributed by atoms with Gasteiger partial charge in [0.25, 0.3) is 0 Å². The predicted molar refractivity (Wildman–Crippen MR) is 68.8 cm³/mol. The van der Waals surface area contributed by atoms with Crippen LogP contribution in [0.2, 0.25) is 0 Å². The number of aromatic nitrogens is 3. The fourth-order valence-electron chi connectivity index (χ4n) is 2.50. The second-order valence-corrected chi connectivity index (χ2v) is 4.50. The first-order valence-electron chi connectivity index (χ1n) is 5.82.